The van der Waals surface area contributed by atoms with E-state index in [1.54, 1.807) is 0 Å². The van der Waals surface area contributed by atoms with Gasteiger partial charge in [-0.1, -0.05) is 0 Å². The molecule has 0 aliphatic rings. The van der Waals surface area contributed by atoms with Crippen molar-refractivity contribution in [3.05, 3.63) is 0 Å². The zero-order valence-electron chi connectivity index (χ0n) is 11.2. The standard InChI is InChI=1S/C4H8O10P2.2H3O3P/c5-3(13-15(7,8)9)1-2-4(6)14-16(10,11)12;2*1-4(2)3/h1-2H2,(H2,7,8,9)(H2,10,11,12);2*4H,(H2,1,2,3). The van der Waals surface area contributed by atoms with E-state index in [0.717, 1.165) is 0 Å². The molecule has 0 heterocycles. The number of carbonyl (C=O) groups excluding carboxylic acids is 2. The van der Waals surface area contributed by atoms with Crippen molar-refractivity contribution in [1.82, 2.24) is 0 Å². The Morgan fingerprint density at radius 2 is 0.875 bits per heavy atom. The van der Waals surface area contributed by atoms with Gasteiger partial charge in [0.25, 0.3) is 0 Å². The van der Waals surface area contributed by atoms with Gasteiger partial charge in [0.05, 0.1) is 12.8 Å². The van der Waals surface area contributed by atoms with E-state index < -0.39 is 56.9 Å². The van der Waals surface area contributed by atoms with E-state index in [1.165, 1.54) is 0 Å². The van der Waals surface area contributed by atoms with Gasteiger partial charge in [-0.3, -0.25) is 38.3 Å². The minimum Gasteiger partial charge on any atom is -0.371 e. The van der Waals surface area contributed by atoms with Crippen LogP contribution in [0.5, 0.6) is 0 Å². The molecule has 0 unspecified atom stereocenters. The predicted octanol–water partition coefficient (Wildman–Crippen LogP) is -2.24. The molecule has 0 aromatic rings. The van der Waals surface area contributed by atoms with Gasteiger partial charge in [-0.2, -0.15) is 0 Å². The molecule has 0 aliphatic carbocycles. The van der Waals surface area contributed by atoms with E-state index in [4.69, 9.17) is 48.3 Å². The lowest BCUT2D eigenvalue weighted by atomic mass is 10.3. The van der Waals surface area contributed by atoms with Crippen LogP contribution in [0.15, 0.2) is 0 Å². The summed E-state index contributed by atoms with van der Waals surface area (Å²) in [5.41, 5.74) is 0. The van der Waals surface area contributed by atoms with Gasteiger partial charge < -0.3 is 28.6 Å². The third-order valence-electron chi connectivity index (χ3n) is 0.975. The Morgan fingerprint density at radius 3 is 1.00 bits per heavy atom. The lowest BCUT2D eigenvalue weighted by Gasteiger charge is -2.06. The lowest BCUT2D eigenvalue weighted by molar-refractivity contribution is -0.142. The first-order chi connectivity index (χ1) is 10.5. The van der Waals surface area contributed by atoms with Crippen LogP contribution in [0.25, 0.3) is 0 Å². The van der Waals surface area contributed by atoms with Gasteiger partial charge in [0.15, 0.2) is 0 Å². The van der Waals surface area contributed by atoms with Gasteiger partial charge in [-0.15, -0.1) is 0 Å². The molecular formula is C4H14O16P4. The summed E-state index contributed by atoms with van der Waals surface area (Å²) >= 11 is 0. The zero-order valence-corrected chi connectivity index (χ0v) is 14.9. The molecule has 0 amide bonds. The molecule has 8 N–H and O–H groups in total. The Hall–Kier alpha value is -0.460. The van der Waals surface area contributed by atoms with Gasteiger partial charge in [0, 0.05) is 0 Å². The van der Waals surface area contributed by atoms with Crippen LogP contribution in [0, 0.1) is 0 Å². The highest BCUT2D eigenvalue weighted by Gasteiger charge is 2.24. The first-order valence-electron chi connectivity index (χ1n) is 4.86. The topological polar surface area (TPSA) is 283 Å². The highest BCUT2D eigenvalue weighted by molar-refractivity contribution is 7.47. The van der Waals surface area contributed by atoms with Crippen molar-refractivity contribution in [3.8, 4) is 0 Å². The molecule has 0 spiro atoms. The van der Waals surface area contributed by atoms with Crippen molar-refractivity contribution in [2.45, 2.75) is 12.8 Å². The lowest BCUT2D eigenvalue weighted by Crippen LogP contribution is -2.08. The summed E-state index contributed by atoms with van der Waals surface area (Å²) in [5.74, 6) is -2.79. The average Bonchev–Trinajstić information content (AvgIpc) is 2.19. The number of phosphoric ester groups is 2. The van der Waals surface area contributed by atoms with Crippen LogP contribution in [0.4, 0.5) is 0 Å². The van der Waals surface area contributed by atoms with E-state index in [0.29, 0.717) is 0 Å². The Labute approximate surface area is 134 Å². The molecule has 0 saturated heterocycles. The van der Waals surface area contributed by atoms with Crippen LogP contribution < -0.4 is 0 Å². The summed E-state index contributed by atoms with van der Waals surface area (Å²) in [4.78, 5) is 82.5. The summed E-state index contributed by atoms with van der Waals surface area (Å²) < 4.78 is 44.8. The van der Waals surface area contributed by atoms with Crippen LogP contribution in [0.3, 0.4) is 0 Å². The molecule has 0 atom stereocenters. The summed E-state index contributed by atoms with van der Waals surface area (Å²) in [6.07, 6.45) is -1.55. The third-order valence-corrected chi connectivity index (χ3v) is 1.86. The van der Waals surface area contributed by atoms with E-state index >= 15 is 0 Å². The monoisotopic (exact) mass is 442 g/mol. The molecule has 146 valence electrons. The molecule has 0 aliphatic heterocycles. The van der Waals surface area contributed by atoms with Gasteiger partial charge in [0.1, 0.15) is 0 Å². The van der Waals surface area contributed by atoms with Crippen molar-refractivity contribution in [2.24, 2.45) is 0 Å². The summed E-state index contributed by atoms with van der Waals surface area (Å²) in [5, 5.41) is 0. The zero-order chi connectivity index (χ0) is 20.1. The fourth-order valence-electron chi connectivity index (χ4n) is 0.561. The summed E-state index contributed by atoms with van der Waals surface area (Å²) in [6.45, 7) is 0. The van der Waals surface area contributed by atoms with Gasteiger partial charge >= 0.3 is 44.1 Å². The average molecular weight is 442 g/mol. The number of rotatable bonds is 5. The first-order valence-corrected chi connectivity index (χ1v) is 10.5. The maximum absolute atomic E-state index is 10.6. The maximum atomic E-state index is 10.6. The maximum Gasteiger partial charge on any atom is 0.526 e. The fourth-order valence-corrected chi connectivity index (χ4v) is 1.27. The van der Waals surface area contributed by atoms with Crippen LogP contribution in [0.2, 0.25) is 0 Å². The number of hydrogen-bond acceptors (Lipinski definition) is 8. The predicted molar refractivity (Wildman–Crippen MR) is 72.4 cm³/mol. The van der Waals surface area contributed by atoms with Crippen molar-refractivity contribution < 1.29 is 76.0 Å². The van der Waals surface area contributed by atoms with Crippen LogP contribution >= 0.6 is 32.2 Å². The van der Waals surface area contributed by atoms with E-state index in [1.807, 2.05) is 0 Å². The molecule has 0 rings (SSSR count). The Morgan fingerprint density at radius 1 is 0.708 bits per heavy atom. The molecule has 24 heavy (non-hydrogen) atoms. The second-order valence-corrected chi connectivity index (χ2v) is 6.43. The van der Waals surface area contributed by atoms with Crippen molar-refractivity contribution in [2.75, 3.05) is 0 Å². The molecule has 0 aromatic heterocycles. The molecule has 16 nitrogen and oxygen atoms in total. The molecule has 0 radical (unpaired) electrons. The van der Waals surface area contributed by atoms with Crippen molar-refractivity contribution in [3.63, 3.8) is 0 Å². The van der Waals surface area contributed by atoms with Crippen LogP contribution in [0.1, 0.15) is 12.8 Å². The Kier molecular flexibility index (Phi) is 16.3. The molecule has 0 fully saturated rings. The third kappa shape index (κ3) is 43.0. The van der Waals surface area contributed by atoms with Crippen molar-refractivity contribution >= 4 is 44.1 Å². The Balaban J connectivity index is -0.000000457. The smallest absolute Gasteiger partial charge is 0.371 e. The van der Waals surface area contributed by atoms with Crippen LogP contribution in [-0.2, 0) is 36.9 Å². The largest absolute Gasteiger partial charge is 0.526 e. The summed E-state index contributed by atoms with van der Waals surface area (Å²) in [6, 6.07) is 0. The van der Waals surface area contributed by atoms with E-state index in [9.17, 15) is 18.7 Å². The molecule has 0 saturated carbocycles. The number of carbonyl (C=O) groups is 2. The minimum atomic E-state index is -4.98. The molecule has 0 bridgehead atoms. The highest BCUT2D eigenvalue weighted by Crippen LogP contribution is 2.37. The number of phosphoric acid groups is 2. The molecule has 0 aromatic carbocycles. The molecule has 20 heteroatoms. The molecular weight excluding hydrogens is 428 g/mol. The van der Waals surface area contributed by atoms with Crippen LogP contribution in [-0.4, -0.2) is 51.1 Å². The van der Waals surface area contributed by atoms with Crippen molar-refractivity contribution in [1.29, 1.82) is 0 Å². The minimum absolute atomic E-state index is 0.774. The summed E-state index contributed by atoms with van der Waals surface area (Å²) in [7, 11) is -16.2. The highest BCUT2D eigenvalue weighted by atomic mass is 31.2. The quantitative estimate of drug-likeness (QED) is 0.209. The van der Waals surface area contributed by atoms with E-state index in [2.05, 4.69) is 9.05 Å². The number of hydrogen-bond donors (Lipinski definition) is 8. The van der Waals surface area contributed by atoms with Gasteiger partial charge in [0.2, 0.25) is 0 Å². The second-order valence-electron chi connectivity index (χ2n) is 2.97. The van der Waals surface area contributed by atoms with Gasteiger partial charge in [-0.25, -0.2) is 9.13 Å². The van der Waals surface area contributed by atoms with E-state index in [-0.39, 0.29) is 0 Å². The van der Waals surface area contributed by atoms with Gasteiger partial charge in [-0.05, 0) is 0 Å². The second kappa shape index (κ2) is 13.8. The fraction of sp³-hybridized carbons (Fsp3) is 0.500. The Bertz CT molecular complexity index is 470. The first kappa shape index (κ1) is 28.3. The normalized spacial score (nSPS) is 10.9. The SMILES string of the molecule is O=C(CCC(=O)OP(=O)(O)O)OP(=O)(O)O.O=[PH](O)O.O=[PH](O)O.